The van der Waals surface area contributed by atoms with Gasteiger partial charge in [-0.25, -0.2) is 10.8 Å². The Hall–Kier alpha value is -0.650. The Bertz CT molecular complexity index is 393. The molecule has 0 aromatic carbocycles. The molecule has 1 aromatic rings. The summed E-state index contributed by atoms with van der Waals surface area (Å²) in [5, 5.41) is 1.11. The molecule has 1 aromatic heterocycles. The van der Waals surface area contributed by atoms with E-state index >= 15 is 0 Å². The summed E-state index contributed by atoms with van der Waals surface area (Å²) in [6.45, 7) is 1.93. The van der Waals surface area contributed by atoms with Crippen LogP contribution in [0.4, 0.5) is 0 Å². The molecule has 0 radical (unpaired) electrons. The van der Waals surface area contributed by atoms with Crippen molar-refractivity contribution in [3.63, 3.8) is 0 Å². The number of aromatic nitrogens is 1. The predicted octanol–water partition coefficient (Wildman–Crippen LogP) is 2.37. The molecule has 17 heavy (non-hydrogen) atoms. The van der Waals surface area contributed by atoms with E-state index in [9.17, 15) is 4.79 Å². The molecule has 0 spiro atoms. The molecule has 1 heterocycles. The number of nitrogens with two attached hydrogens (primary N) is 1. The molecule has 1 fully saturated rings. The molecule has 0 saturated heterocycles. The molecule has 1 saturated carbocycles. The zero-order valence-electron chi connectivity index (χ0n) is 9.70. The number of hydrazine groups is 1. The smallest absolute Gasteiger partial charge is 0.236 e. The fraction of sp³-hybridized carbons (Fsp3) is 0.636. The first-order valence-corrected chi connectivity index (χ1v) is 6.94. The van der Waals surface area contributed by atoms with E-state index in [4.69, 9.17) is 17.4 Å². The van der Waals surface area contributed by atoms with Crippen molar-refractivity contribution in [1.29, 1.82) is 0 Å². The van der Waals surface area contributed by atoms with Crippen LogP contribution in [0.3, 0.4) is 0 Å². The van der Waals surface area contributed by atoms with Gasteiger partial charge in [0.2, 0.25) is 5.91 Å². The number of thiazole rings is 1. The number of rotatable bonds is 2. The van der Waals surface area contributed by atoms with Crippen molar-refractivity contribution >= 4 is 28.8 Å². The number of amides is 1. The van der Waals surface area contributed by atoms with E-state index in [0.29, 0.717) is 5.92 Å². The number of hydrogen-bond acceptors (Lipinski definition) is 4. The summed E-state index contributed by atoms with van der Waals surface area (Å²) in [6, 6.07) is 0. The Morgan fingerprint density at radius 3 is 2.59 bits per heavy atom. The second kappa shape index (κ2) is 5.33. The van der Waals surface area contributed by atoms with Crippen molar-refractivity contribution < 1.29 is 4.79 Å². The highest BCUT2D eigenvalue weighted by Crippen LogP contribution is 2.39. The molecule has 4 nitrogen and oxygen atoms in total. The second-order valence-corrected chi connectivity index (χ2v) is 6.10. The molecule has 94 valence electrons. The molecule has 0 atom stereocenters. The van der Waals surface area contributed by atoms with Crippen molar-refractivity contribution in [2.24, 2.45) is 11.8 Å². The van der Waals surface area contributed by atoms with Gasteiger partial charge in [0, 0.05) is 11.8 Å². The van der Waals surface area contributed by atoms with Gasteiger partial charge in [0.05, 0.1) is 10.7 Å². The lowest BCUT2D eigenvalue weighted by Gasteiger charge is -2.25. The van der Waals surface area contributed by atoms with Crippen LogP contribution in [0.15, 0.2) is 0 Å². The maximum absolute atomic E-state index is 11.4. The molecule has 2 rings (SSSR count). The molecular weight excluding hydrogens is 258 g/mol. The van der Waals surface area contributed by atoms with Crippen molar-refractivity contribution in [3.05, 3.63) is 15.0 Å². The highest BCUT2D eigenvalue weighted by Gasteiger charge is 2.28. The fourth-order valence-electron chi connectivity index (χ4n) is 2.29. The van der Waals surface area contributed by atoms with Gasteiger partial charge in [-0.1, -0.05) is 11.6 Å². The van der Waals surface area contributed by atoms with Crippen LogP contribution in [-0.2, 0) is 4.79 Å². The Morgan fingerprint density at radius 1 is 1.47 bits per heavy atom. The molecule has 0 unspecified atom stereocenters. The maximum Gasteiger partial charge on any atom is 0.236 e. The molecule has 1 amide bonds. The number of hydrogen-bond donors (Lipinski definition) is 2. The van der Waals surface area contributed by atoms with Crippen LogP contribution < -0.4 is 11.3 Å². The molecule has 6 heteroatoms. The van der Waals surface area contributed by atoms with Gasteiger partial charge in [-0.3, -0.25) is 10.2 Å². The first-order valence-electron chi connectivity index (χ1n) is 5.75. The third kappa shape index (κ3) is 2.78. The van der Waals surface area contributed by atoms with Crippen LogP contribution in [-0.4, -0.2) is 10.9 Å². The standard InChI is InChI=1S/C11H16ClN3OS/c1-6-9(12)17-11(14-6)8-4-2-7(3-5-8)10(16)15-13/h7-8H,2-5,13H2,1H3,(H,15,16). The van der Waals surface area contributed by atoms with E-state index in [-0.39, 0.29) is 11.8 Å². The quantitative estimate of drug-likeness (QED) is 0.494. The minimum Gasteiger partial charge on any atom is -0.294 e. The topological polar surface area (TPSA) is 68.0 Å². The normalized spacial score (nSPS) is 24.6. The molecule has 3 N–H and O–H groups in total. The SMILES string of the molecule is Cc1nc(C2CCC(C(=O)NN)CC2)sc1Cl. The van der Waals surface area contributed by atoms with Gasteiger partial charge in [0.1, 0.15) is 4.34 Å². The summed E-state index contributed by atoms with van der Waals surface area (Å²) in [7, 11) is 0. The largest absolute Gasteiger partial charge is 0.294 e. The van der Waals surface area contributed by atoms with Gasteiger partial charge in [0.25, 0.3) is 0 Å². The van der Waals surface area contributed by atoms with Crippen molar-refractivity contribution in [1.82, 2.24) is 10.4 Å². The first kappa shape index (κ1) is 12.8. The summed E-state index contributed by atoms with van der Waals surface area (Å²) in [6.07, 6.45) is 3.73. The minimum absolute atomic E-state index is 0.0446. The van der Waals surface area contributed by atoms with E-state index < -0.39 is 0 Å². The third-order valence-electron chi connectivity index (χ3n) is 3.35. The summed E-state index contributed by atoms with van der Waals surface area (Å²) in [4.78, 5) is 15.9. The van der Waals surface area contributed by atoms with E-state index in [2.05, 4.69) is 10.4 Å². The van der Waals surface area contributed by atoms with Crippen LogP contribution >= 0.6 is 22.9 Å². The summed E-state index contributed by atoms with van der Waals surface area (Å²) < 4.78 is 0.779. The molecule has 0 aliphatic heterocycles. The summed E-state index contributed by atoms with van der Waals surface area (Å²) in [5.41, 5.74) is 3.14. The number of halogens is 1. The Balaban J connectivity index is 1.97. The zero-order chi connectivity index (χ0) is 12.4. The lowest BCUT2D eigenvalue weighted by molar-refractivity contribution is -0.126. The molecule has 1 aliphatic carbocycles. The number of aryl methyl sites for hydroxylation is 1. The minimum atomic E-state index is -0.0446. The summed E-state index contributed by atoms with van der Waals surface area (Å²) >= 11 is 7.59. The lowest BCUT2D eigenvalue weighted by atomic mass is 9.82. The first-order chi connectivity index (χ1) is 8.11. The Labute approximate surface area is 110 Å². The monoisotopic (exact) mass is 273 g/mol. The Morgan fingerprint density at radius 2 is 2.12 bits per heavy atom. The number of carbonyl (C=O) groups is 1. The average molecular weight is 274 g/mol. The van der Waals surface area contributed by atoms with E-state index in [1.165, 1.54) is 0 Å². The van der Waals surface area contributed by atoms with E-state index in [0.717, 1.165) is 40.7 Å². The van der Waals surface area contributed by atoms with Crippen LogP contribution in [0.2, 0.25) is 4.34 Å². The number of nitrogens with zero attached hydrogens (tertiary/aromatic N) is 1. The average Bonchev–Trinajstić information content (AvgIpc) is 2.69. The zero-order valence-corrected chi connectivity index (χ0v) is 11.3. The van der Waals surface area contributed by atoms with Crippen LogP contribution in [0.1, 0.15) is 42.3 Å². The van der Waals surface area contributed by atoms with E-state index in [1.807, 2.05) is 6.92 Å². The van der Waals surface area contributed by atoms with Crippen molar-refractivity contribution in [2.45, 2.75) is 38.5 Å². The number of carbonyl (C=O) groups excluding carboxylic acids is 1. The number of nitrogens with one attached hydrogen (secondary N) is 1. The van der Waals surface area contributed by atoms with Gasteiger partial charge >= 0.3 is 0 Å². The highest BCUT2D eigenvalue weighted by molar-refractivity contribution is 7.16. The van der Waals surface area contributed by atoms with Crippen molar-refractivity contribution in [2.75, 3.05) is 0 Å². The molecule has 1 aliphatic rings. The summed E-state index contributed by atoms with van der Waals surface area (Å²) in [5.74, 6) is 5.61. The van der Waals surface area contributed by atoms with Gasteiger partial charge < -0.3 is 0 Å². The van der Waals surface area contributed by atoms with Gasteiger partial charge in [-0.2, -0.15) is 0 Å². The third-order valence-corrected chi connectivity index (χ3v) is 4.96. The highest BCUT2D eigenvalue weighted by atomic mass is 35.5. The van der Waals surface area contributed by atoms with Crippen LogP contribution in [0, 0.1) is 12.8 Å². The van der Waals surface area contributed by atoms with Gasteiger partial charge in [-0.05, 0) is 32.6 Å². The Kier molecular flexibility index (Phi) is 4.01. The predicted molar refractivity (Wildman–Crippen MR) is 68.9 cm³/mol. The van der Waals surface area contributed by atoms with Crippen LogP contribution in [0.25, 0.3) is 0 Å². The maximum atomic E-state index is 11.4. The lowest BCUT2D eigenvalue weighted by Crippen LogP contribution is -2.37. The van der Waals surface area contributed by atoms with Gasteiger partial charge in [0.15, 0.2) is 0 Å². The fourth-order valence-corrected chi connectivity index (χ4v) is 3.53. The van der Waals surface area contributed by atoms with E-state index in [1.54, 1.807) is 11.3 Å². The van der Waals surface area contributed by atoms with Crippen molar-refractivity contribution in [3.8, 4) is 0 Å². The molecule has 0 bridgehead atoms. The van der Waals surface area contributed by atoms with Crippen LogP contribution in [0.5, 0.6) is 0 Å². The molecular formula is C11H16ClN3OS. The van der Waals surface area contributed by atoms with Gasteiger partial charge in [-0.15, -0.1) is 11.3 Å². The second-order valence-electron chi connectivity index (χ2n) is 4.47.